The maximum absolute atomic E-state index is 14.8. The summed E-state index contributed by atoms with van der Waals surface area (Å²) in [4.78, 5) is 17.6. The van der Waals surface area contributed by atoms with Gasteiger partial charge in [-0.15, -0.1) is 0 Å². The Morgan fingerprint density at radius 3 is 2.46 bits per heavy atom. The quantitative estimate of drug-likeness (QED) is 0.433. The van der Waals surface area contributed by atoms with Crippen molar-refractivity contribution in [1.82, 2.24) is 29.6 Å². The highest BCUT2D eigenvalue weighted by atomic mass is 19.1. The van der Waals surface area contributed by atoms with Gasteiger partial charge in [-0.05, 0) is 44.7 Å². The number of anilines is 3. The van der Waals surface area contributed by atoms with Gasteiger partial charge < -0.3 is 15.1 Å². The minimum absolute atomic E-state index is 0.00483. The fourth-order valence-electron chi connectivity index (χ4n) is 4.36. The molecule has 4 aromatic rings. The zero-order chi connectivity index (χ0) is 24.5. The highest BCUT2D eigenvalue weighted by Gasteiger charge is 2.18. The van der Waals surface area contributed by atoms with Crippen LogP contribution in [0.4, 0.5) is 26.2 Å². The number of nitrogens with zero attached hydrogens (tertiary/aromatic N) is 7. The molecule has 8 nitrogen and oxygen atoms in total. The van der Waals surface area contributed by atoms with Gasteiger partial charge in [0.25, 0.3) is 0 Å². The number of nitrogens with one attached hydrogen (secondary N) is 1. The van der Waals surface area contributed by atoms with Crippen molar-refractivity contribution >= 4 is 28.4 Å². The molecule has 0 amide bonds. The van der Waals surface area contributed by atoms with Gasteiger partial charge in [-0.2, -0.15) is 5.10 Å². The smallest absolute Gasteiger partial charge is 0.229 e. The highest BCUT2D eigenvalue weighted by molar-refractivity contribution is 5.84. The van der Waals surface area contributed by atoms with Crippen LogP contribution in [-0.2, 0) is 0 Å². The summed E-state index contributed by atoms with van der Waals surface area (Å²) in [6.07, 6.45) is 4.37. The average Bonchev–Trinajstić information content (AvgIpc) is 3.31. The maximum Gasteiger partial charge on any atom is 0.229 e. The topological polar surface area (TPSA) is 75.0 Å². The number of piperazine rings is 1. The van der Waals surface area contributed by atoms with Gasteiger partial charge in [0, 0.05) is 37.8 Å². The first kappa shape index (κ1) is 23.1. The normalized spacial score (nSPS) is 14.7. The van der Waals surface area contributed by atoms with Crippen molar-refractivity contribution in [2.24, 2.45) is 0 Å². The fourth-order valence-corrected chi connectivity index (χ4v) is 4.36. The third-order valence-electron chi connectivity index (χ3n) is 6.34. The van der Waals surface area contributed by atoms with Crippen LogP contribution in [0.5, 0.6) is 0 Å². The lowest BCUT2D eigenvalue weighted by molar-refractivity contribution is 0.271. The van der Waals surface area contributed by atoms with Crippen molar-refractivity contribution in [3.63, 3.8) is 0 Å². The third-order valence-corrected chi connectivity index (χ3v) is 6.34. The van der Waals surface area contributed by atoms with E-state index in [4.69, 9.17) is 0 Å². The van der Waals surface area contributed by atoms with E-state index in [2.05, 4.69) is 42.1 Å². The van der Waals surface area contributed by atoms with Crippen molar-refractivity contribution in [2.75, 3.05) is 42.9 Å². The van der Waals surface area contributed by atoms with Gasteiger partial charge in [-0.1, -0.05) is 6.92 Å². The first-order valence-corrected chi connectivity index (χ1v) is 11.8. The van der Waals surface area contributed by atoms with Crippen LogP contribution in [0.2, 0.25) is 0 Å². The summed E-state index contributed by atoms with van der Waals surface area (Å²) >= 11 is 0. The molecular formula is C25H28F2N8. The molecule has 1 fully saturated rings. The molecule has 1 saturated heterocycles. The monoisotopic (exact) mass is 478 g/mol. The number of fused-ring (bicyclic) bond motifs is 1. The predicted molar refractivity (Wildman–Crippen MR) is 133 cm³/mol. The summed E-state index contributed by atoms with van der Waals surface area (Å²) in [6, 6.07) is 6.85. The minimum Gasteiger partial charge on any atom is -0.368 e. The number of aromatic nitrogens is 5. The van der Waals surface area contributed by atoms with Gasteiger partial charge in [0.2, 0.25) is 5.95 Å². The second-order valence-corrected chi connectivity index (χ2v) is 8.91. The van der Waals surface area contributed by atoms with E-state index < -0.39 is 11.6 Å². The van der Waals surface area contributed by atoms with Crippen molar-refractivity contribution < 1.29 is 8.78 Å². The first-order chi connectivity index (χ1) is 16.9. The van der Waals surface area contributed by atoms with Crippen molar-refractivity contribution in [2.45, 2.75) is 26.8 Å². The van der Waals surface area contributed by atoms with Crippen molar-refractivity contribution in [1.29, 1.82) is 0 Å². The van der Waals surface area contributed by atoms with Gasteiger partial charge in [0.15, 0.2) is 5.82 Å². The van der Waals surface area contributed by atoms with E-state index in [0.29, 0.717) is 22.3 Å². The SMILES string of the molecule is CCN1CCN(c2ccc(Nc3ncc(F)c(-c4cc(F)c5cnn(C(C)C)c5c4)n3)nc2)CC1. The molecule has 0 spiro atoms. The van der Waals surface area contributed by atoms with Gasteiger partial charge >= 0.3 is 0 Å². The number of pyridine rings is 1. The van der Waals surface area contributed by atoms with Crippen LogP contribution >= 0.6 is 0 Å². The van der Waals surface area contributed by atoms with Gasteiger partial charge in [0.1, 0.15) is 17.3 Å². The van der Waals surface area contributed by atoms with E-state index in [-0.39, 0.29) is 17.7 Å². The fraction of sp³-hybridized carbons (Fsp3) is 0.360. The number of likely N-dealkylation sites (N-methyl/N-ethyl adjacent to an activating group) is 1. The molecule has 0 aliphatic carbocycles. The minimum atomic E-state index is -0.639. The summed E-state index contributed by atoms with van der Waals surface area (Å²) in [6.45, 7) is 11.1. The van der Waals surface area contributed by atoms with E-state index >= 15 is 0 Å². The summed E-state index contributed by atoms with van der Waals surface area (Å²) in [5, 5.41) is 7.67. The van der Waals surface area contributed by atoms with Crippen LogP contribution in [0, 0.1) is 11.6 Å². The Labute approximate surface area is 202 Å². The maximum atomic E-state index is 14.8. The van der Waals surface area contributed by atoms with Crippen LogP contribution in [0.1, 0.15) is 26.8 Å². The molecular weight excluding hydrogens is 450 g/mol. The molecule has 4 heterocycles. The molecule has 5 rings (SSSR count). The number of rotatable bonds is 6. The lowest BCUT2D eigenvalue weighted by Gasteiger charge is -2.35. The molecule has 3 aromatic heterocycles. The molecule has 1 aliphatic heterocycles. The predicted octanol–water partition coefficient (Wildman–Crippen LogP) is 4.63. The second kappa shape index (κ2) is 9.53. The van der Waals surface area contributed by atoms with Crippen molar-refractivity contribution in [3.05, 3.63) is 54.5 Å². The van der Waals surface area contributed by atoms with Gasteiger partial charge in [0.05, 0.1) is 35.2 Å². The first-order valence-electron chi connectivity index (χ1n) is 11.8. The van der Waals surface area contributed by atoms with Crippen LogP contribution in [0.3, 0.4) is 0 Å². The Hall–Kier alpha value is -3.66. The molecule has 0 unspecified atom stereocenters. The van der Waals surface area contributed by atoms with E-state index in [1.807, 2.05) is 32.2 Å². The molecule has 1 aliphatic rings. The molecule has 1 aromatic carbocycles. The number of hydrogen-bond donors (Lipinski definition) is 1. The van der Waals surface area contributed by atoms with E-state index in [9.17, 15) is 8.78 Å². The largest absolute Gasteiger partial charge is 0.368 e. The van der Waals surface area contributed by atoms with Crippen LogP contribution in [0.15, 0.2) is 42.9 Å². The van der Waals surface area contributed by atoms with Gasteiger partial charge in [-0.3, -0.25) is 4.68 Å². The van der Waals surface area contributed by atoms with E-state index in [1.165, 1.54) is 12.3 Å². The standard InChI is InChI=1S/C25H28F2N8/c1-4-33-7-9-34(10-8-33)18-5-6-23(28-13-18)31-25-29-15-21(27)24(32-25)17-11-20(26)19-14-30-35(16(2)3)22(19)12-17/h5-6,11-16H,4,7-10H2,1-3H3,(H,28,29,31,32). The molecule has 1 N–H and O–H groups in total. The van der Waals surface area contributed by atoms with Gasteiger partial charge in [-0.25, -0.2) is 23.7 Å². The van der Waals surface area contributed by atoms with E-state index in [0.717, 1.165) is 44.6 Å². The van der Waals surface area contributed by atoms with Crippen LogP contribution in [0.25, 0.3) is 22.2 Å². The number of benzene rings is 1. The molecule has 10 heteroatoms. The molecule has 0 atom stereocenters. The highest BCUT2D eigenvalue weighted by Crippen LogP contribution is 2.29. The summed E-state index contributed by atoms with van der Waals surface area (Å²) in [7, 11) is 0. The van der Waals surface area contributed by atoms with E-state index in [1.54, 1.807) is 10.7 Å². The van der Waals surface area contributed by atoms with Crippen LogP contribution < -0.4 is 10.2 Å². The zero-order valence-corrected chi connectivity index (χ0v) is 20.0. The Balaban J connectivity index is 1.38. The van der Waals surface area contributed by atoms with Crippen LogP contribution in [-0.4, -0.2) is 62.4 Å². The molecule has 182 valence electrons. The lowest BCUT2D eigenvalue weighted by atomic mass is 10.1. The number of hydrogen-bond acceptors (Lipinski definition) is 7. The molecule has 0 radical (unpaired) electrons. The summed E-state index contributed by atoms with van der Waals surface area (Å²) in [5.41, 5.74) is 1.96. The summed E-state index contributed by atoms with van der Waals surface area (Å²) < 4.78 is 31.2. The average molecular weight is 479 g/mol. The molecule has 0 bridgehead atoms. The van der Waals surface area contributed by atoms with Crippen molar-refractivity contribution in [3.8, 4) is 11.3 Å². The Kier molecular flexibility index (Phi) is 6.29. The molecule has 35 heavy (non-hydrogen) atoms. The Morgan fingerprint density at radius 1 is 0.971 bits per heavy atom. The Morgan fingerprint density at radius 2 is 1.77 bits per heavy atom. The molecule has 0 saturated carbocycles. The zero-order valence-electron chi connectivity index (χ0n) is 20.0. The summed E-state index contributed by atoms with van der Waals surface area (Å²) in [5.74, 6) is -0.400. The third kappa shape index (κ3) is 4.66. The lowest BCUT2D eigenvalue weighted by Crippen LogP contribution is -2.46. The number of halogens is 2. The Bertz CT molecular complexity index is 1330. The second-order valence-electron chi connectivity index (χ2n) is 8.91.